The molecule has 0 saturated heterocycles. The molecule has 2 aromatic heterocycles. The standard InChI is InChI=1S/C19H19Cl2N3O2/c1-4-16-22-15-10-14(20)17(21)23-18(15)24(16)13-8-6-12(7-9-13)11(3)19(25)26-5-2/h6-11H,4-5H2,1-3H3. The van der Waals surface area contributed by atoms with E-state index < -0.39 is 0 Å². The molecule has 0 spiro atoms. The lowest BCUT2D eigenvalue weighted by atomic mass is 10.0. The molecule has 5 nitrogen and oxygen atoms in total. The first-order valence-corrected chi connectivity index (χ1v) is 9.22. The van der Waals surface area contributed by atoms with Gasteiger partial charge in [0.2, 0.25) is 0 Å². The number of pyridine rings is 1. The molecule has 0 amide bonds. The van der Waals surface area contributed by atoms with Gasteiger partial charge in [0, 0.05) is 12.1 Å². The molecule has 0 fully saturated rings. The minimum Gasteiger partial charge on any atom is -0.466 e. The summed E-state index contributed by atoms with van der Waals surface area (Å²) in [6, 6.07) is 9.43. The summed E-state index contributed by atoms with van der Waals surface area (Å²) in [6.07, 6.45) is 0.729. The number of esters is 1. The second-order valence-electron chi connectivity index (χ2n) is 5.89. The maximum absolute atomic E-state index is 11.9. The minimum atomic E-state index is -0.319. The van der Waals surface area contributed by atoms with Gasteiger partial charge in [-0.05, 0) is 37.6 Å². The fourth-order valence-electron chi connectivity index (χ4n) is 2.83. The highest BCUT2D eigenvalue weighted by Gasteiger charge is 2.18. The van der Waals surface area contributed by atoms with Crippen molar-refractivity contribution < 1.29 is 9.53 Å². The maximum Gasteiger partial charge on any atom is 0.313 e. The second kappa shape index (κ2) is 7.64. The first-order chi connectivity index (χ1) is 12.5. The van der Waals surface area contributed by atoms with Crippen LogP contribution in [0, 0.1) is 0 Å². The zero-order valence-corrected chi connectivity index (χ0v) is 16.3. The summed E-state index contributed by atoms with van der Waals surface area (Å²) in [5.41, 5.74) is 3.14. The van der Waals surface area contributed by atoms with Crippen molar-refractivity contribution >= 4 is 40.3 Å². The van der Waals surface area contributed by atoms with Crippen molar-refractivity contribution in [2.75, 3.05) is 6.61 Å². The normalized spacial score (nSPS) is 12.3. The van der Waals surface area contributed by atoms with Gasteiger partial charge in [0.05, 0.1) is 17.5 Å². The van der Waals surface area contributed by atoms with E-state index in [2.05, 4.69) is 9.97 Å². The third-order valence-corrected chi connectivity index (χ3v) is 4.89. The molecule has 0 aliphatic carbocycles. The number of fused-ring (bicyclic) bond motifs is 1. The Labute approximate surface area is 161 Å². The topological polar surface area (TPSA) is 57.0 Å². The number of carbonyl (C=O) groups is 1. The second-order valence-corrected chi connectivity index (χ2v) is 6.65. The lowest BCUT2D eigenvalue weighted by molar-refractivity contribution is -0.144. The number of nitrogens with zero attached hydrogens (tertiary/aromatic N) is 3. The molecule has 3 aromatic rings. The first-order valence-electron chi connectivity index (χ1n) is 8.46. The monoisotopic (exact) mass is 391 g/mol. The molecule has 1 aromatic carbocycles. The number of aromatic nitrogens is 3. The Bertz CT molecular complexity index is 952. The van der Waals surface area contributed by atoms with E-state index in [1.807, 2.05) is 42.7 Å². The largest absolute Gasteiger partial charge is 0.466 e. The van der Waals surface area contributed by atoms with Gasteiger partial charge >= 0.3 is 5.97 Å². The summed E-state index contributed by atoms with van der Waals surface area (Å²) in [6.45, 7) is 6.03. The Hall–Kier alpha value is -2.11. The number of hydrogen-bond donors (Lipinski definition) is 0. The van der Waals surface area contributed by atoms with Crippen LogP contribution in [-0.2, 0) is 16.0 Å². The molecule has 136 valence electrons. The summed E-state index contributed by atoms with van der Waals surface area (Å²) in [5.74, 6) is 0.309. The number of aryl methyl sites for hydroxylation is 1. The molecule has 3 rings (SSSR count). The van der Waals surface area contributed by atoms with E-state index in [1.54, 1.807) is 13.0 Å². The van der Waals surface area contributed by atoms with Crippen molar-refractivity contribution in [1.29, 1.82) is 0 Å². The van der Waals surface area contributed by atoms with E-state index in [0.717, 1.165) is 23.5 Å². The van der Waals surface area contributed by atoms with E-state index in [4.69, 9.17) is 27.9 Å². The van der Waals surface area contributed by atoms with Gasteiger partial charge in [0.1, 0.15) is 16.5 Å². The molecule has 26 heavy (non-hydrogen) atoms. The summed E-state index contributed by atoms with van der Waals surface area (Å²) in [7, 11) is 0. The van der Waals surface area contributed by atoms with Crippen molar-refractivity contribution in [3.63, 3.8) is 0 Å². The molecule has 7 heteroatoms. The predicted octanol–water partition coefficient (Wildman–Crippen LogP) is 4.96. The van der Waals surface area contributed by atoms with Crippen molar-refractivity contribution in [3.8, 4) is 5.69 Å². The van der Waals surface area contributed by atoms with E-state index in [-0.39, 0.29) is 17.0 Å². The van der Waals surface area contributed by atoms with Crippen LogP contribution in [0.4, 0.5) is 0 Å². The summed E-state index contributed by atoms with van der Waals surface area (Å²) < 4.78 is 7.04. The van der Waals surface area contributed by atoms with Crippen LogP contribution in [-0.4, -0.2) is 27.1 Å². The van der Waals surface area contributed by atoms with Gasteiger partial charge in [0.25, 0.3) is 0 Å². The number of halogens is 2. The van der Waals surface area contributed by atoms with E-state index >= 15 is 0 Å². The van der Waals surface area contributed by atoms with Gasteiger partial charge in [-0.25, -0.2) is 9.97 Å². The molecule has 0 aliphatic rings. The third kappa shape index (κ3) is 3.41. The first kappa shape index (κ1) is 18.7. The van der Waals surface area contributed by atoms with Gasteiger partial charge in [-0.1, -0.05) is 42.3 Å². The number of imidazole rings is 1. The Balaban J connectivity index is 2.04. The molecule has 0 radical (unpaired) electrons. The lowest BCUT2D eigenvalue weighted by Gasteiger charge is -2.13. The highest BCUT2D eigenvalue weighted by Crippen LogP contribution is 2.28. The number of rotatable bonds is 5. The van der Waals surface area contributed by atoms with E-state index in [1.165, 1.54) is 0 Å². The van der Waals surface area contributed by atoms with Gasteiger partial charge in [0.15, 0.2) is 5.65 Å². The molecule has 0 aliphatic heterocycles. The van der Waals surface area contributed by atoms with Gasteiger partial charge in [-0.2, -0.15) is 0 Å². The molecule has 2 heterocycles. The number of ether oxygens (including phenoxy) is 1. The van der Waals surface area contributed by atoms with Gasteiger partial charge in [-0.3, -0.25) is 9.36 Å². The van der Waals surface area contributed by atoms with E-state index in [0.29, 0.717) is 22.8 Å². The zero-order chi connectivity index (χ0) is 18.8. The molecule has 0 saturated carbocycles. The molecular formula is C19H19Cl2N3O2. The molecule has 0 bridgehead atoms. The zero-order valence-electron chi connectivity index (χ0n) is 14.8. The highest BCUT2D eigenvalue weighted by molar-refractivity contribution is 6.41. The average Bonchev–Trinajstić information content (AvgIpc) is 2.99. The Morgan fingerprint density at radius 1 is 1.19 bits per heavy atom. The van der Waals surface area contributed by atoms with Gasteiger partial charge in [-0.15, -0.1) is 0 Å². The van der Waals surface area contributed by atoms with Crippen LogP contribution in [0.25, 0.3) is 16.9 Å². The molecule has 0 N–H and O–H groups in total. The Morgan fingerprint density at radius 3 is 2.50 bits per heavy atom. The lowest BCUT2D eigenvalue weighted by Crippen LogP contribution is -2.13. The van der Waals surface area contributed by atoms with Crippen molar-refractivity contribution in [1.82, 2.24) is 14.5 Å². The summed E-state index contributed by atoms with van der Waals surface area (Å²) >= 11 is 12.2. The van der Waals surface area contributed by atoms with Crippen molar-refractivity contribution in [2.24, 2.45) is 0 Å². The summed E-state index contributed by atoms with van der Waals surface area (Å²) in [5, 5.41) is 0.626. The number of hydrogen-bond acceptors (Lipinski definition) is 4. The summed E-state index contributed by atoms with van der Waals surface area (Å²) in [4.78, 5) is 20.9. The molecular weight excluding hydrogens is 373 g/mol. The molecule has 1 atom stereocenters. The molecule has 1 unspecified atom stereocenters. The average molecular weight is 392 g/mol. The smallest absolute Gasteiger partial charge is 0.313 e. The van der Waals surface area contributed by atoms with Crippen LogP contribution < -0.4 is 0 Å². The third-order valence-electron chi connectivity index (χ3n) is 4.22. The van der Waals surface area contributed by atoms with Crippen LogP contribution in [0.15, 0.2) is 30.3 Å². The van der Waals surface area contributed by atoms with Crippen LogP contribution in [0.2, 0.25) is 10.2 Å². The quantitative estimate of drug-likeness (QED) is 0.455. The maximum atomic E-state index is 11.9. The fourth-order valence-corrected chi connectivity index (χ4v) is 3.11. The van der Waals surface area contributed by atoms with Crippen LogP contribution >= 0.6 is 23.2 Å². The number of carbonyl (C=O) groups excluding carboxylic acids is 1. The van der Waals surface area contributed by atoms with E-state index in [9.17, 15) is 4.79 Å². The van der Waals surface area contributed by atoms with Crippen molar-refractivity contribution in [2.45, 2.75) is 33.1 Å². The number of benzene rings is 1. The van der Waals surface area contributed by atoms with Gasteiger partial charge < -0.3 is 4.74 Å². The fraction of sp³-hybridized carbons (Fsp3) is 0.316. The van der Waals surface area contributed by atoms with Crippen LogP contribution in [0.5, 0.6) is 0 Å². The van der Waals surface area contributed by atoms with Crippen molar-refractivity contribution in [3.05, 3.63) is 51.9 Å². The highest BCUT2D eigenvalue weighted by atomic mass is 35.5. The minimum absolute atomic E-state index is 0.231. The van der Waals surface area contributed by atoms with Crippen LogP contribution in [0.1, 0.15) is 38.1 Å². The SMILES string of the molecule is CCOC(=O)C(C)c1ccc(-n2c(CC)nc3cc(Cl)c(Cl)nc32)cc1. The van der Waals surface area contributed by atoms with Crippen LogP contribution in [0.3, 0.4) is 0 Å². The predicted molar refractivity (Wildman–Crippen MR) is 103 cm³/mol. The Kier molecular flexibility index (Phi) is 5.49. The Morgan fingerprint density at radius 2 is 1.88 bits per heavy atom.